The highest BCUT2D eigenvalue weighted by Gasteiger charge is 2.44. The normalized spacial score (nSPS) is 17.5. The molecule has 1 heterocycles. The lowest BCUT2D eigenvalue weighted by atomic mass is 9.94. The van der Waals surface area contributed by atoms with E-state index in [4.69, 9.17) is 27.9 Å². The number of ether oxygens (including phenoxy) is 1. The molecule has 1 N–H and O–H groups in total. The molecule has 1 aliphatic heterocycles. The van der Waals surface area contributed by atoms with Crippen LogP contribution in [0.2, 0.25) is 10.0 Å². The SMILES string of the molecule is CC[NH+](CC)CCN1C(=O)C(=O)/C(=C(/[O-])c2ccc(OCC(C)C)cc2C)C1c1ccc(Cl)c(Cl)c1. The summed E-state index contributed by atoms with van der Waals surface area (Å²) in [6.07, 6.45) is 0. The number of amides is 1. The molecule has 1 unspecified atom stereocenters. The number of nitrogens with one attached hydrogen (secondary N) is 1. The lowest BCUT2D eigenvalue weighted by molar-refractivity contribution is -0.895. The van der Waals surface area contributed by atoms with E-state index in [1.54, 1.807) is 43.3 Å². The van der Waals surface area contributed by atoms with Gasteiger partial charge in [-0.05, 0) is 67.6 Å². The Morgan fingerprint density at radius 2 is 1.78 bits per heavy atom. The molecule has 1 fully saturated rings. The molecule has 0 aliphatic carbocycles. The van der Waals surface area contributed by atoms with Crippen LogP contribution in [0.1, 0.15) is 50.4 Å². The summed E-state index contributed by atoms with van der Waals surface area (Å²) >= 11 is 12.4. The van der Waals surface area contributed by atoms with Crippen molar-refractivity contribution in [1.29, 1.82) is 0 Å². The summed E-state index contributed by atoms with van der Waals surface area (Å²) in [5.41, 5.74) is 1.56. The monoisotopic (exact) mass is 532 g/mol. The molecule has 0 radical (unpaired) electrons. The fourth-order valence-corrected chi connectivity index (χ4v) is 4.71. The Hall–Kier alpha value is -2.54. The largest absolute Gasteiger partial charge is 0.872 e. The molecule has 1 saturated heterocycles. The number of ketones is 1. The first-order valence-electron chi connectivity index (χ1n) is 12.4. The first-order chi connectivity index (χ1) is 17.1. The summed E-state index contributed by atoms with van der Waals surface area (Å²) in [5, 5.41) is 14.4. The number of halogens is 2. The molecule has 0 saturated carbocycles. The van der Waals surface area contributed by atoms with Gasteiger partial charge in [-0.3, -0.25) is 9.59 Å². The van der Waals surface area contributed by atoms with Crippen LogP contribution in [0, 0.1) is 12.8 Å². The maximum atomic E-state index is 13.8. The van der Waals surface area contributed by atoms with Gasteiger partial charge < -0.3 is 19.6 Å². The molecule has 6 nitrogen and oxygen atoms in total. The molecule has 0 aromatic heterocycles. The zero-order valence-electron chi connectivity index (χ0n) is 21.5. The van der Waals surface area contributed by atoms with E-state index in [1.165, 1.54) is 9.80 Å². The number of aryl methyl sites for hydroxylation is 1. The fourth-order valence-electron chi connectivity index (χ4n) is 4.40. The van der Waals surface area contributed by atoms with Crippen LogP contribution < -0.4 is 14.7 Å². The van der Waals surface area contributed by atoms with Crippen molar-refractivity contribution >= 4 is 40.7 Å². The minimum Gasteiger partial charge on any atom is -0.872 e. The number of benzene rings is 2. The maximum absolute atomic E-state index is 13.8. The van der Waals surface area contributed by atoms with Gasteiger partial charge in [-0.25, -0.2) is 0 Å². The van der Waals surface area contributed by atoms with Crippen LogP contribution >= 0.6 is 23.2 Å². The predicted molar refractivity (Wildman–Crippen MR) is 141 cm³/mol. The number of likely N-dealkylation sites (tertiary alicyclic amines) is 1. The molecular weight excluding hydrogens is 499 g/mol. The minimum atomic E-state index is -0.835. The maximum Gasteiger partial charge on any atom is 0.295 e. The molecule has 1 aliphatic rings. The van der Waals surface area contributed by atoms with Crippen molar-refractivity contribution in [3.05, 3.63) is 68.7 Å². The van der Waals surface area contributed by atoms with E-state index < -0.39 is 23.5 Å². The smallest absolute Gasteiger partial charge is 0.295 e. The second-order valence-electron chi connectivity index (χ2n) is 9.54. The van der Waals surface area contributed by atoms with Gasteiger partial charge in [0.25, 0.3) is 5.91 Å². The Bertz CT molecular complexity index is 1160. The molecular formula is C28H34Cl2N2O4. The Kier molecular flexibility index (Phi) is 9.45. The van der Waals surface area contributed by atoms with Crippen molar-refractivity contribution < 1.29 is 24.3 Å². The zero-order valence-corrected chi connectivity index (χ0v) is 23.0. The quantitative estimate of drug-likeness (QED) is 0.288. The van der Waals surface area contributed by atoms with Gasteiger partial charge in [-0.15, -0.1) is 0 Å². The van der Waals surface area contributed by atoms with Gasteiger partial charge >= 0.3 is 0 Å². The van der Waals surface area contributed by atoms with E-state index in [0.717, 1.165) is 13.1 Å². The van der Waals surface area contributed by atoms with E-state index in [1.807, 2.05) is 0 Å². The highest BCUT2D eigenvalue weighted by molar-refractivity contribution is 6.46. The third-order valence-corrected chi connectivity index (χ3v) is 7.26. The van der Waals surface area contributed by atoms with Crippen molar-refractivity contribution in [2.75, 3.05) is 32.8 Å². The third-order valence-electron chi connectivity index (χ3n) is 6.52. The number of hydrogen-bond donors (Lipinski definition) is 1. The standard InChI is InChI=1S/C28H34Cl2N2O4/c1-6-31(7-2)12-13-32-25(19-8-11-22(29)23(30)15-19)24(27(34)28(32)35)26(33)21-10-9-20(14-18(21)5)36-16-17(3)4/h8-11,14-15,17,25,33H,6-7,12-13,16H2,1-5H3/b26-24+. The number of quaternary nitrogens is 1. The van der Waals surface area contributed by atoms with Crippen LogP contribution in [0.3, 0.4) is 0 Å². The number of hydrogen-bond acceptors (Lipinski definition) is 4. The van der Waals surface area contributed by atoms with Crippen molar-refractivity contribution in [2.45, 2.75) is 40.7 Å². The van der Waals surface area contributed by atoms with Crippen LogP contribution in [-0.4, -0.2) is 49.4 Å². The van der Waals surface area contributed by atoms with Crippen molar-refractivity contribution in [3.8, 4) is 5.75 Å². The number of rotatable bonds is 10. The van der Waals surface area contributed by atoms with E-state index >= 15 is 0 Å². The van der Waals surface area contributed by atoms with Crippen LogP contribution in [-0.2, 0) is 9.59 Å². The number of carbonyl (C=O) groups is 2. The molecule has 0 spiro atoms. The molecule has 1 amide bonds. The average molecular weight is 533 g/mol. The second-order valence-corrected chi connectivity index (χ2v) is 10.3. The molecule has 8 heteroatoms. The molecule has 36 heavy (non-hydrogen) atoms. The van der Waals surface area contributed by atoms with E-state index in [9.17, 15) is 14.7 Å². The number of likely N-dealkylation sites (N-methyl/N-ethyl adjacent to an activating group) is 1. The summed E-state index contributed by atoms with van der Waals surface area (Å²) in [4.78, 5) is 29.2. The van der Waals surface area contributed by atoms with Gasteiger partial charge in [0.2, 0.25) is 5.78 Å². The topological polar surface area (TPSA) is 74.1 Å². The Balaban J connectivity index is 2.09. The zero-order chi connectivity index (χ0) is 26.6. The van der Waals surface area contributed by atoms with Crippen LogP contribution in [0.25, 0.3) is 5.76 Å². The number of carbonyl (C=O) groups excluding carboxylic acids is 2. The highest BCUT2D eigenvalue weighted by Crippen LogP contribution is 2.40. The number of nitrogens with zero attached hydrogens (tertiary/aromatic N) is 1. The van der Waals surface area contributed by atoms with Gasteiger partial charge in [0.1, 0.15) is 5.75 Å². The first kappa shape index (κ1) is 28.0. The summed E-state index contributed by atoms with van der Waals surface area (Å²) in [5.74, 6) is -0.891. The van der Waals surface area contributed by atoms with Gasteiger partial charge in [0.05, 0.1) is 48.9 Å². The van der Waals surface area contributed by atoms with Gasteiger partial charge in [-0.1, -0.05) is 54.9 Å². The summed E-state index contributed by atoms with van der Waals surface area (Å²) < 4.78 is 5.78. The van der Waals surface area contributed by atoms with Gasteiger partial charge in [-0.2, -0.15) is 0 Å². The molecule has 1 atom stereocenters. The van der Waals surface area contributed by atoms with Crippen LogP contribution in [0.4, 0.5) is 0 Å². The highest BCUT2D eigenvalue weighted by atomic mass is 35.5. The van der Waals surface area contributed by atoms with Crippen molar-refractivity contribution in [1.82, 2.24) is 4.90 Å². The lowest BCUT2D eigenvalue weighted by Crippen LogP contribution is -3.12. The molecule has 2 aromatic rings. The molecule has 194 valence electrons. The summed E-state index contributed by atoms with van der Waals surface area (Å²) in [7, 11) is 0. The third kappa shape index (κ3) is 6.05. The van der Waals surface area contributed by atoms with Crippen LogP contribution in [0.15, 0.2) is 42.0 Å². The van der Waals surface area contributed by atoms with Gasteiger partial charge in [0.15, 0.2) is 0 Å². The van der Waals surface area contributed by atoms with E-state index in [2.05, 4.69) is 27.7 Å². The Morgan fingerprint density at radius 3 is 2.36 bits per heavy atom. The number of Topliss-reactive ketones (excluding diaryl/α,β-unsaturated/α-hetero) is 1. The predicted octanol–water partition coefficient (Wildman–Crippen LogP) is 3.49. The first-order valence-corrected chi connectivity index (χ1v) is 13.1. The Morgan fingerprint density at radius 1 is 1.08 bits per heavy atom. The lowest BCUT2D eigenvalue weighted by Gasteiger charge is -2.29. The minimum absolute atomic E-state index is 0.0631. The van der Waals surface area contributed by atoms with Gasteiger partial charge in [0, 0.05) is 5.57 Å². The average Bonchev–Trinajstić information content (AvgIpc) is 3.09. The molecule has 0 bridgehead atoms. The molecule has 3 rings (SSSR count). The van der Waals surface area contributed by atoms with Crippen molar-refractivity contribution in [3.63, 3.8) is 0 Å². The summed E-state index contributed by atoms with van der Waals surface area (Å²) in [6.45, 7) is 13.4. The van der Waals surface area contributed by atoms with E-state index in [-0.39, 0.29) is 5.57 Å². The fraction of sp³-hybridized carbons (Fsp3) is 0.429. The van der Waals surface area contributed by atoms with E-state index in [0.29, 0.717) is 58.1 Å². The molecule has 2 aromatic carbocycles. The van der Waals surface area contributed by atoms with Crippen molar-refractivity contribution in [2.24, 2.45) is 5.92 Å². The van der Waals surface area contributed by atoms with Crippen LogP contribution in [0.5, 0.6) is 5.75 Å². The Labute approximate surface area is 223 Å². The summed E-state index contributed by atoms with van der Waals surface area (Å²) in [6, 6.07) is 9.29. The second kappa shape index (κ2) is 12.1.